The number of ether oxygens (including phenoxy) is 2. The highest BCUT2D eigenvalue weighted by Gasteiger charge is 2.26. The number of hydrogen-bond donors (Lipinski definition) is 0. The molecule has 0 radical (unpaired) electrons. The van der Waals surface area contributed by atoms with E-state index in [2.05, 4.69) is 26.9 Å². The maximum Gasteiger partial charge on any atom is 0.228 e. The first-order valence-electron chi connectivity index (χ1n) is 11.4. The van der Waals surface area contributed by atoms with Crippen molar-refractivity contribution >= 4 is 5.95 Å². The smallest absolute Gasteiger partial charge is 0.228 e. The summed E-state index contributed by atoms with van der Waals surface area (Å²) in [7, 11) is 1.66. The highest BCUT2D eigenvalue weighted by molar-refractivity contribution is 5.44. The molecule has 2 aliphatic heterocycles. The Morgan fingerprint density at radius 2 is 1.75 bits per heavy atom. The summed E-state index contributed by atoms with van der Waals surface area (Å²) in [5, 5.41) is 0. The lowest BCUT2D eigenvalue weighted by Crippen LogP contribution is -2.34. The lowest BCUT2D eigenvalue weighted by atomic mass is 10.1. The van der Waals surface area contributed by atoms with Gasteiger partial charge >= 0.3 is 0 Å². The molecule has 0 saturated carbocycles. The fourth-order valence-corrected chi connectivity index (χ4v) is 4.40. The van der Waals surface area contributed by atoms with Crippen molar-refractivity contribution in [1.29, 1.82) is 0 Å². The molecule has 1 aromatic carbocycles. The summed E-state index contributed by atoms with van der Waals surface area (Å²) in [5.41, 5.74) is 3.43. The van der Waals surface area contributed by atoms with E-state index in [-0.39, 0.29) is 0 Å². The quantitative estimate of drug-likeness (QED) is 0.579. The summed E-state index contributed by atoms with van der Waals surface area (Å²) >= 11 is 0. The molecule has 1 saturated heterocycles. The van der Waals surface area contributed by atoms with Crippen LogP contribution in [-0.2, 0) is 19.5 Å². The molecule has 2 aromatic heterocycles. The number of pyridine rings is 1. The molecular weight excluding hydrogens is 402 g/mol. The number of nitrogens with zero attached hydrogens (tertiary/aromatic N) is 5. The molecule has 32 heavy (non-hydrogen) atoms. The number of aromatic nitrogens is 3. The monoisotopic (exact) mass is 431 g/mol. The van der Waals surface area contributed by atoms with Crippen molar-refractivity contribution in [2.45, 2.75) is 38.8 Å². The molecule has 5 rings (SSSR count). The average molecular weight is 432 g/mol. The highest BCUT2D eigenvalue weighted by Crippen LogP contribution is 2.33. The van der Waals surface area contributed by atoms with Crippen LogP contribution in [0.25, 0.3) is 0 Å². The van der Waals surface area contributed by atoms with Crippen molar-refractivity contribution in [3.63, 3.8) is 0 Å². The summed E-state index contributed by atoms with van der Waals surface area (Å²) in [6, 6.07) is 11.8. The lowest BCUT2D eigenvalue weighted by Gasteiger charge is -2.32. The van der Waals surface area contributed by atoms with Gasteiger partial charge in [-0.05, 0) is 49.1 Å². The standard InChI is InChI=1S/C25H29N5O2/c1-31-20-6-5-7-21(16-20)32-24-22-18-29(17-19-8-11-26-12-9-19)15-10-23(22)27-25(28-24)30-13-3-2-4-14-30/h5-9,11-12,16H,2-4,10,13-15,17-18H2,1H3. The number of anilines is 1. The Hall–Kier alpha value is -3.19. The van der Waals surface area contributed by atoms with Gasteiger partial charge in [0.05, 0.1) is 18.4 Å². The van der Waals surface area contributed by atoms with Gasteiger partial charge < -0.3 is 14.4 Å². The molecule has 0 spiro atoms. The molecule has 0 amide bonds. The van der Waals surface area contributed by atoms with Crippen molar-refractivity contribution in [2.24, 2.45) is 0 Å². The van der Waals surface area contributed by atoms with Crippen molar-refractivity contribution in [3.8, 4) is 17.4 Å². The van der Waals surface area contributed by atoms with Crippen LogP contribution in [0.4, 0.5) is 5.95 Å². The molecular formula is C25H29N5O2. The predicted molar refractivity (Wildman–Crippen MR) is 123 cm³/mol. The Morgan fingerprint density at radius 3 is 2.56 bits per heavy atom. The number of hydrogen-bond acceptors (Lipinski definition) is 7. The number of benzene rings is 1. The second-order valence-corrected chi connectivity index (χ2v) is 8.40. The Morgan fingerprint density at radius 1 is 0.938 bits per heavy atom. The van der Waals surface area contributed by atoms with E-state index >= 15 is 0 Å². The van der Waals surface area contributed by atoms with Crippen LogP contribution in [0.2, 0.25) is 0 Å². The fourth-order valence-electron chi connectivity index (χ4n) is 4.40. The first kappa shape index (κ1) is 20.7. The van der Waals surface area contributed by atoms with Gasteiger partial charge in [-0.1, -0.05) is 6.07 Å². The molecule has 0 aliphatic carbocycles. The predicted octanol–water partition coefficient (Wildman–Crippen LogP) is 4.22. The first-order valence-corrected chi connectivity index (χ1v) is 11.4. The number of methoxy groups -OCH3 is 1. The number of rotatable bonds is 6. The average Bonchev–Trinajstić information content (AvgIpc) is 2.85. The number of piperidine rings is 1. The minimum Gasteiger partial charge on any atom is -0.497 e. The van der Waals surface area contributed by atoms with Crippen molar-refractivity contribution in [2.75, 3.05) is 31.6 Å². The van der Waals surface area contributed by atoms with Crippen LogP contribution in [0.15, 0.2) is 48.8 Å². The van der Waals surface area contributed by atoms with Gasteiger partial charge in [0.25, 0.3) is 0 Å². The van der Waals surface area contributed by atoms with Crippen LogP contribution in [-0.4, -0.2) is 46.6 Å². The minimum absolute atomic E-state index is 0.656. The van der Waals surface area contributed by atoms with Crippen LogP contribution >= 0.6 is 0 Å². The van der Waals surface area contributed by atoms with Gasteiger partial charge in [0, 0.05) is 57.6 Å². The first-order chi connectivity index (χ1) is 15.8. The van der Waals surface area contributed by atoms with Crippen LogP contribution in [0.1, 0.15) is 36.1 Å². The summed E-state index contributed by atoms with van der Waals surface area (Å²) in [5.74, 6) is 2.94. The maximum absolute atomic E-state index is 6.35. The zero-order valence-electron chi connectivity index (χ0n) is 18.5. The molecule has 0 bridgehead atoms. The lowest BCUT2D eigenvalue weighted by molar-refractivity contribution is 0.238. The summed E-state index contributed by atoms with van der Waals surface area (Å²) in [6.07, 6.45) is 8.23. The topological polar surface area (TPSA) is 63.6 Å². The number of fused-ring (bicyclic) bond motifs is 1. The van der Waals surface area contributed by atoms with E-state index < -0.39 is 0 Å². The van der Waals surface area contributed by atoms with Crippen LogP contribution in [0.3, 0.4) is 0 Å². The molecule has 2 aliphatic rings. The van der Waals surface area contributed by atoms with Crippen molar-refractivity contribution in [3.05, 3.63) is 65.6 Å². The van der Waals surface area contributed by atoms with E-state index in [4.69, 9.17) is 19.4 Å². The fraction of sp³-hybridized carbons (Fsp3) is 0.400. The van der Waals surface area contributed by atoms with Crippen LogP contribution < -0.4 is 14.4 Å². The molecule has 4 heterocycles. The van der Waals surface area contributed by atoms with Gasteiger partial charge in [-0.15, -0.1) is 0 Å². The SMILES string of the molecule is COc1cccc(Oc2nc(N3CCCCC3)nc3c2CN(Cc2ccncc2)CC3)c1. The second kappa shape index (κ2) is 9.53. The Kier molecular flexibility index (Phi) is 6.16. The van der Waals surface area contributed by atoms with Crippen LogP contribution in [0.5, 0.6) is 17.4 Å². The Labute approximate surface area is 189 Å². The highest BCUT2D eigenvalue weighted by atomic mass is 16.5. The Bertz CT molecular complexity index is 1050. The molecule has 0 N–H and O–H groups in total. The summed E-state index contributed by atoms with van der Waals surface area (Å²) in [6.45, 7) is 4.60. The normalized spacial score (nSPS) is 16.5. The van der Waals surface area contributed by atoms with E-state index in [1.807, 2.05) is 36.7 Å². The molecule has 1 fully saturated rings. The molecule has 7 nitrogen and oxygen atoms in total. The summed E-state index contributed by atoms with van der Waals surface area (Å²) in [4.78, 5) is 18.7. The molecule has 3 aromatic rings. The van der Waals surface area contributed by atoms with E-state index in [0.29, 0.717) is 5.88 Å². The largest absolute Gasteiger partial charge is 0.497 e. The molecule has 7 heteroatoms. The van der Waals surface area contributed by atoms with Crippen molar-refractivity contribution in [1.82, 2.24) is 19.9 Å². The van der Waals surface area contributed by atoms with Gasteiger partial charge in [0.1, 0.15) is 11.5 Å². The third-order valence-electron chi connectivity index (χ3n) is 6.14. The zero-order valence-corrected chi connectivity index (χ0v) is 18.5. The van der Waals surface area contributed by atoms with Gasteiger partial charge in [-0.25, -0.2) is 4.98 Å². The third-order valence-corrected chi connectivity index (χ3v) is 6.14. The van der Waals surface area contributed by atoms with Crippen LogP contribution in [0, 0.1) is 0 Å². The van der Waals surface area contributed by atoms with Crippen molar-refractivity contribution < 1.29 is 9.47 Å². The van der Waals surface area contributed by atoms with E-state index in [0.717, 1.165) is 67.8 Å². The zero-order chi connectivity index (χ0) is 21.8. The maximum atomic E-state index is 6.35. The van der Waals surface area contributed by atoms with Gasteiger partial charge in [-0.2, -0.15) is 4.98 Å². The van der Waals surface area contributed by atoms with Gasteiger partial charge in [0.2, 0.25) is 11.8 Å². The minimum atomic E-state index is 0.656. The second-order valence-electron chi connectivity index (χ2n) is 8.40. The molecule has 0 atom stereocenters. The van der Waals surface area contributed by atoms with E-state index in [9.17, 15) is 0 Å². The third kappa shape index (κ3) is 4.67. The molecule has 166 valence electrons. The Balaban J connectivity index is 1.46. The molecule has 0 unspecified atom stereocenters. The summed E-state index contributed by atoms with van der Waals surface area (Å²) < 4.78 is 11.7. The van der Waals surface area contributed by atoms with E-state index in [1.165, 1.54) is 24.8 Å². The van der Waals surface area contributed by atoms with E-state index in [1.54, 1.807) is 7.11 Å². The van der Waals surface area contributed by atoms with Gasteiger partial charge in [-0.3, -0.25) is 9.88 Å². The van der Waals surface area contributed by atoms with Gasteiger partial charge in [0.15, 0.2) is 0 Å².